The molecule has 4 nitrogen and oxygen atoms in total. The number of anilines is 1. The molecule has 2 rings (SSSR count). The number of halogens is 1. The smallest absolute Gasteiger partial charge is 0.307 e. The van der Waals surface area contributed by atoms with Crippen LogP contribution in [0.4, 0.5) is 5.82 Å². The largest absolute Gasteiger partial charge is 0.466 e. The van der Waals surface area contributed by atoms with Gasteiger partial charge in [0.15, 0.2) is 0 Å². The average molecular weight is 323 g/mol. The van der Waals surface area contributed by atoms with E-state index in [1.807, 2.05) is 24.3 Å². The normalized spacial score (nSPS) is 10.4. The highest BCUT2D eigenvalue weighted by atomic mass is 79.9. The predicted molar refractivity (Wildman–Crippen MR) is 79.2 cm³/mol. The average Bonchev–Trinajstić information content (AvgIpc) is 2.39. The molecule has 1 aromatic heterocycles. The third-order valence-corrected chi connectivity index (χ3v) is 3.15. The van der Waals surface area contributed by atoms with E-state index in [-0.39, 0.29) is 5.97 Å². The van der Waals surface area contributed by atoms with Gasteiger partial charge in [0.2, 0.25) is 0 Å². The Morgan fingerprint density at radius 3 is 3.05 bits per heavy atom. The summed E-state index contributed by atoms with van der Waals surface area (Å²) in [6, 6.07) is 7.98. The van der Waals surface area contributed by atoms with Crippen molar-refractivity contribution in [2.24, 2.45) is 0 Å². The Labute approximate surface area is 120 Å². The van der Waals surface area contributed by atoms with Crippen LogP contribution in [0, 0.1) is 0 Å². The number of carbonyl (C=O) groups is 1. The first kappa shape index (κ1) is 13.8. The zero-order valence-corrected chi connectivity index (χ0v) is 12.2. The molecule has 0 bridgehead atoms. The number of carbonyl (C=O) groups excluding carboxylic acids is 1. The van der Waals surface area contributed by atoms with Crippen molar-refractivity contribution in [2.45, 2.75) is 13.3 Å². The molecular formula is C14H15BrN2O2. The Balaban J connectivity index is 2.08. The van der Waals surface area contributed by atoms with Gasteiger partial charge in [0.1, 0.15) is 5.82 Å². The molecule has 1 heterocycles. The Morgan fingerprint density at radius 1 is 1.42 bits per heavy atom. The molecular weight excluding hydrogens is 308 g/mol. The van der Waals surface area contributed by atoms with E-state index in [1.165, 1.54) is 0 Å². The molecule has 0 fully saturated rings. The van der Waals surface area contributed by atoms with Crippen LogP contribution in [0.3, 0.4) is 0 Å². The van der Waals surface area contributed by atoms with Crippen molar-refractivity contribution in [3.63, 3.8) is 0 Å². The first-order valence-corrected chi connectivity index (χ1v) is 6.93. The van der Waals surface area contributed by atoms with Gasteiger partial charge in [0, 0.05) is 22.6 Å². The second-order valence-corrected chi connectivity index (χ2v) is 4.92. The molecule has 2 aromatic rings. The molecule has 0 aliphatic rings. The quantitative estimate of drug-likeness (QED) is 0.857. The highest BCUT2D eigenvalue weighted by Crippen LogP contribution is 2.24. The highest BCUT2D eigenvalue weighted by Gasteiger charge is 2.05. The summed E-state index contributed by atoms with van der Waals surface area (Å²) < 4.78 is 5.88. The number of nitrogens with zero attached hydrogens (tertiary/aromatic N) is 1. The minimum Gasteiger partial charge on any atom is -0.466 e. The topological polar surface area (TPSA) is 51.2 Å². The summed E-state index contributed by atoms with van der Waals surface area (Å²) in [5.74, 6) is 0.583. The number of hydrogen-bond donors (Lipinski definition) is 1. The molecule has 100 valence electrons. The van der Waals surface area contributed by atoms with Gasteiger partial charge in [0.05, 0.1) is 13.0 Å². The molecule has 0 saturated heterocycles. The lowest BCUT2D eigenvalue weighted by atomic mass is 10.1. The maximum absolute atomic E-state index is 11.3. The molecule has 0 spiro atoms. The molecule has 0 saturated carbocycles. The highest BCUT2D eigenvalue weighted by molar-refractivity contribution is 9.10. The lowest BCUT2D eigenvalue weighted by Gasteiger charge is -2.08. The van der Waals surface area contributed by atoms with Crippen molar-refractivity contribution in [1.29, 1.82) is 0 Å². The minimum atomic E-state index is -0.198. The molecule has 19 heavy (non-hydrogen) atoms. The Hall–Kier alpha value is -1.62. The summed E-state index contributed by atoms with van der Waals surface area (Å²) in [5.41, 5.74) is 0. The van der Waals surface area contributed by atoms with E-state index in [9.17, 15) is 4.79 Å². The Morgan fingerprint density at radius 2 is 2.26 bits per heavy atom. The van der Waals surface area contributed by atoms with Crippen molar-refractivity contribution >= 4 is 38.5 Å². The van der Waals surface area contributed by atoms with Gasteiger partial charge in [-0.05, 0) is 30.5 Å². The van der Waals surface area contributed by atoms with E-state index in [1.54, 1.807) is 13.1 Å². The number of hydrogen-bond acceptors (Lipinski definition) is 4. The third kappa shape index (κ3) is 3.67. The predicted octanol–water partition coefficient (Wildman–Crippen LogP) is 3.36. The number of fused-ring (bicyclic) bond motifs is 1. The fourth-order valence-corrected chi connectivity index (χ4v) is 2.16. The fourth-order valence-electron chi connectivity index (χ4n) is 1.80. The van der Waals surface area contributed by atoms with Crippen molar-refractivity contribution in [3.8, 4) is 0 Å². The van der Waals surface area contributed by atoms with Gasteiger partial charge in [-0.2, -0.15) is 0 Å². The van der Waals surface area contributed by atoms with Gasteiger partial charge in [-0.1, -0.05) is 22.0 Å². The summed E-state index contributed by atoms with van der Waals surface area (Å²) in [6.07, 6.45) is 2.09. The molecule has 0 radical (unpaired) electrons. The third-order valence-electron chi connectivity index (χ3n) is 2.66. The van der Waals surface area contributed by atoms with Crippen molar-refractivity contribution < 1.29 is 9.53 Å². The second kappa shape index (κ2) is 6.52. The van der Waals surface area contributed by atoms with Gasteiger partial charge in [-0.15, -0.1) is 0 Å². The SMILES string of the molecule is CCOC(=O)CCNc1nccc2ccc(Br)cc12. The van der Waals surface area contributed by atoms with Gasteiger partial charge in [-0.25, -0.2) is 4.98 Å². The van der Waals surface area contributed by atoms with E-state index in [0.717, 1.165) is 21.1 Å². The molecule has 1 N–H and O–H groups in total. The lowest BCUT2D eigenvalue weighted by Crippen LogP contribution is -2.12. The molecule has 0 amide bonds. The van der Waals surface area contributed by atoms with Gasteiger partial charge in [-0.3, -0.25) is 4.79 Å². The molecule has 0 atom stereocenters. The monoisotopic (exact) mass is 322 g/mol. The van der Waals surface area contributed by atoms with Crippen LogP contribution >= 0.6 is 15.9 Å². The molecule has 1 aromatic carbocycles. The number of benzene rings is 1. The van der Waals surface area contributed by atoms with Crippen molar-refractivity contribution in [1.82, 2.24) is 4.98 Å². The van der Waals surface area contributed by atoms with Gasteiger partial charge >= 0.3 is 5.97 Å². The van der Waals surface area contributed by atoms with Crippen LogP contribution in [-0.4, -0.2) is 24.1 Å². The molecule has 0 unspecified atom stereocenters. The Kier molecular flexibility index (Phi) is 4.74. The van der Waals surface area contributed by atoms with E-state index in [0.29, 0.717) is 19.6 Å². The van der Waals surface area contributed by atoms with Crippen LogP contribution in [-0.2, 0) is 9.53 Å². The Bertz CT molecular complexity index is 587. The van der Waals surface area contributed by atoms with Gasteiger partial charge in [0.25, 0.3) is 0 Å². The van der Waals surface area contributed by atoms with E-state index < -0.39 is 0 Å². The first-order valence-electron chi connectivity index (χ1n) is 6.14. The molecule has 0 aliphatic carbocycles. The summed E-state index contributed by atoms with van der Waals surface area (Å²) in [6.45, 7) is 2.73. The lowest BCUT2D eigenvalue weighted by molar-refractivity contribution is -0.142. The number of aromatic nitrogens is 1. The van der Waals surface area contributed by atoms with E-state index >= 15 is 0 Å². The molecule has 5 heteroatoms. The van der Waals surface area contributed by atoms with Crippen LogP contribution < -0.4 is 5.32 Å². The summed E-state index contributed by atoms with van der Waals surface area (Å²) in [7, 11) is 0. The summed E-state index contributed by atoms with van der Waals surface area (Å²) >= 11 is 3.45. The second-order valence-electron chi connectivity index (χ2n) is 4.01. The van der Waals surface area contributed by atoms with E-state index in [4.69, 9.17) is 4.74 Å². The van der Waals surface area contributed by atoms with Crippen molar-refractivity contribution in [3.05, 3.63) is 34.9 Å². The van der Waals surface area contributed by atoms with Gasteiger partial charge < -0.3 is 10.1 Å². The number of nitrogens with one attached hydrogen (secondary N) is 1. The maximum atomic E-state index is 11.3. The molecule has 0 aliphatic heterocycles. The van der Waals surface area contributed by atoms with Crippen LogP contribution in [0.1, 0.15) is 13.3 Å². The minimum absolute atomic E-state index is 0.198. The maximum Gasteiger partial charge on any atom is 0.307 e. The first-order chi connectivity index (χ1) is 9.20. The summed E-state index contributed by atoms with van der Waals surface area (Å²) in [5, 5.41) is 5.31. The fraction of sp³-hybridized carbons (Fsp3) is 0.286. The van der Waals surface area contributed by atoms with E-state index in [2.05, 4.69) is 26.2 Å². The van der Waals surface area contributed by atoms with Crippen LogP contribution in [0.15, 0.2) is 34.9 Å². The summed E-state index contributed by atoms with van der Waals surface area (Å²) in [4.78, 5) is 15.6. The number of rotatable bonds is 5. The number of ether oxygens (including phenoxy) is 1. The van der Waals surface area contributed by atoms with Crippen LogP contribution in [0.5, 0.6) is 0 Å². The zero-order chi connectivity index (χ0) is 13.7. The zero-order valence-electron chi connectivity index (χ0n) is 10.6. The van der Waals surface area contributed by atoms with Crippen molar-refractivity contribution in [2.75, 3.05) is 18.5 Å². The van der Waals surface area contributed by atoms with Crippen LogP contribution in [0.25, 0.3) is 10.8 Å². The van der Waals surface area contributed by atoms with Crippen LogP contribution in [0.2, 0.25) is 0 Å². The number of esters is 1. The number of pyridine rings is 1. The standard InChI is InChI=1S/C14H15BrN2O2/c1-2-19-13(18)6-8-17-14-12-9-11(15)4-3-10(12)5-7-16-14/h3-5,7,9H,2,6,8H2,1H3,(H,16,17).